The summed E-state index contributed by atoms with van der Waals surface area (Å²) >= 11 is 0. The van der Waals surface area contributed by atoms with Crippen molar-refractivity contribution in [1.29, 1.82) is 5.26 Å². The van der Waals surface area contributed by atoms with Crippen molar-refractivity contribution < 1.29 is 13.9 Å². The lowest BCUT2D eigenvalue weighted by atomic mass is 10.2. The van der Waals surface area contributed by atoms with Gasteiger partial charge in [0.2, 0.25) is 5.95 Å². The zero-order chi connectivity index (χ0) is 17.0. The van der Waals surface area contributed by atoms with Gasteiger partial charge in [-0.25, -0.2) is 13.8 Å². The molecule has 2 aromatic carbocycles. The Morgan fingerprint density at radius 2 is 2.00 bits per heavy atom. The van der Waals surface area contributed by atoms with Crippen LogP contribution in [0.25, 0.3) is 11.0 Å². The zero-order valence-electron chi connectivity index (χ0n) is 12.5. The Hall–Kier alpha value is -3.14. The number of H-pyrrole nitrogens is 1. The van der Waals surface area contributed by atoms with Crippen molar-refractivity contribution in [2.75, 3.05) is 5.32 Å². The van der Waals surface area contributed by atoms with Gasteiger partial charge in [0.05, 0.1) is 22.8 Å². The first-order valence-corrected chi connectivity index (χ1v) is 6.92. The average molecular weight is 316 g/mol. The van der Waals surface area contributed by atoms with E-state index in [0.29, 0.717) is 5.52 Å². The second-order valence-corrected chi connectivity index (χ2v) is 4.32. The van der Waals surface area contributed by atoms with Crippen molar-refractivity contribution in [3.05, 3.63) is 47.5 Å². The van der Waals surface area contributed by atoms with E-state index in [1.165, 1.54) is 24.3 Å². The molecule has 23 heavy (non-hydrogen) atoms. The van der Waals surface area contributed by atoms with Crippen molar-refractivity contribution in [3.63, 3.8) is 0 Å². The Kier molecular flexibility index (Phi) is 4.76. The normalized spacial score (nSPS) is 9.87. The fourth-order valence-corrected chi connectivity index (χ4v) is 1.95. The molecule has 0 saturated heterocycles. The number of halogens is 2. The minimum Gasteiger partial charge on any atom is -0.506 e. The molecular formula is C16H14F2N4O. The third-order valence-corrected chi connectivity index (χ3v) is 2.90. The minimum absolute atomic E-state index is 0.0888. The molecule has 0 bridgehead atoms. The molecule has 0 unspecified atom stereocenters. The third-order valence-electron chi connectivity index (χ3n) is 2.90. The monoisotopic (exact) mass is 316 g/mol. The van der Waals surface area contributed by atoms with Crippen molar-refractivity contribution in [3.8, 4) is 11.8 Å². The molecule has 5 nitrogen and oxygen atoms in total. The van der Waals surface area contributed by atoms with Crippen LogP contribution in [0.4, 0.5) is 20.4 Å². The molecular weight excluding hydrogens is 302 g/mol. The molecule has 0 fully saturated rings. The molecule has 1 aromatic heterocycles. The predicted octanol–water partition coefficient (Wildman–Crippen LogP) is 4.19. The summed E-state index contributed by atoms with van der Waals surface area (Å²) < 4.78 is 26.7. The van der Waals surface area contributed by atoms with Crippen molar-refractivity contribution in [2.45, 2.75) is 13.8 Å². The number of phenols is 1. The van der Waals surface area contributed by atoms with E-state index in [1.807, 2.05) is 19.9 Å². The van der Waals surface area contributed by atoms with Crippen molar-refractivity contribution >= 4 is 22.7 Å². The zero-order valence-corrected chi connectivity index (χ0v) is 12.5. The number of nitrogens with one attached hydrogen (secondary N) is 2. The lowest BCUT2D eigenvalue weighted by Crippen LogP contribution is -1.97. The number of rotatable bonds is 2. The Bertz CT molecular complexity index is 884. The van der Waals surface area contributed by atoms with Crippen LogP contribution in [0.15, 0.2) is 30.3 Å². The number of nitrogens with zero attached hydrogens (tertiary/aromatic N) is 2. The fourth-order valence-electron chi connectivity index (χ4n) is 1.95. The summed E-state index contributed by atoms with van der Waals surface area (Å²) in [5.74, 6) is -2.06. The average Bonchev–Trinajstić information content (AvgIpc) is 2.97. The first kappa shape index (κ1) is 16.2. The molecule has 118 valence electrons. The van der Waals surface area contributed by atoms with Gasteiger partial charge in [-0.2, -0.15) is 5.26 Å². The molecule has 0 atom stereocenters. The van der Waals surface area contributed by atoms with Gasteiger partial charge in [0.15, 0.2) is 11.6 Å². The summed E-state index contributed by atoms with van der Waals surface area (Å²) in [6.45, 7) is 4.00. The number of aromatic hydroxyl groups is 1. The van der Waals surface area contributed by atoms with Crippen LogP contribution in [-0.4, -0.2) is 15.1 Å². The van der Waals surface area contributed by atoms with Gasteiger partial charge in [0, 0.05) is 6.07 Å². The van der Waals surface area contributed by atoms with Crippen LogP contribution in [0.1, 0.15) is 19.4 Å². The number of anilines is 2. The molecule has 0 aliphatic heterocycles. The Labute approximate surface area is 131 Å². The van der Waals surface area contributed by atoms with E-state index in [1.54, 1.807) is 0 Å². The number of aromatic nitrogens is 2. The highest BCUT2D eigenvalue weighted by molar-refractivity contribution is 5.85. The number of hydrogen-bond donors (Lipinski definition) is 3. The largest absolute Gasteiger partial charge is 0.506 e. The maximum atomic E-state index is 13.6. The molecule has 3 rings (SSSR count). The van der Waals surface area contributed by atoms with Gasteiger partial charge in [-0.1, -0.05) is 19.9 Å². The van der Waals surface area contributed by atoms with E-state index in [2.05, 4.69) is 15.3 Å². The minimum atomic E-state index is -1.03. The molecule has 3 aromatic rings. The van der Waals surface area contributed by atoms with E-state index < -0.39 is 11.6 Å². The predicted molar refractivity (Wildman–Crippen MR) is 83.5 cm³/mol. The molecule has 1 heterocycles. The van der Waals surface area contributed by atoms with Crippen LogP contribution in [0.3, 0.4) is 0 Å². The van der Waals surface area contributed by atoms with Gasteiger partial charge >= 0.3 is 0 Å². The standard InChI is InChI=1S/C14H8F2N4O.C2H6/c15-8-2-1-3-9(12(8)16)18-14-19-10-4-7(6-17)5-11(21)13(10)20-14;1-2/h1-5,21H,(H2,18,19,20);1-2H3. The van der Waals surface area contributed by atoms with Crippen LogP contribution < -0.4 is 5.32 Å². The van der Waals surface area contributed by atoms with E-state index in [4.69, 9.17) is 5.26 Å². The van der Waals surface area contributed by atoms with E-state index in [-0.39, 0.29) is 28.5 Å². The number of nitriles is 1. The van der Waals surface area contributed by atoms with Crippen LogP contribution in [-0.2, 0) is 0 Å². The highest BCUT2D eigenvalue weighted by Crippen LogP contribution is 2.27. The van der Waals surface area contributed by atoms with Gasteiger partial charge < -0.3 is 15.4 Å². The first-order valence-electron chi connectivity index (χ1n) is 6.92. The van der Waals surface area contributed by atoms with Crippen LogP contribution in [0, 0.1) is 23.0 Å². The fraction of sp³-hybridized carbons (Fsp3) is 0.125. The number of phenolic OH excluding ortho intramolecular Hbond substituents is 1. The molecule has 0 aliphatic rings. The number of imidazole rings is 1. The van der Waals surface area contributed by atoms with Crippen molar-refractivity contribution in [2.24, 2.45) is 0 Å². The summed E-state index contributed by atoms with van der Waals surface area (Å²) in [4.78, 5) is 6.82. The van der Waals surface area contributed by atoms with Gasteiger partial charge in [-0.05, 0) is 18.2 Å². The number of aromatic amines is 1. The molecule has 0 aliphatic carbocycles. The SMILES string of the molecule is CC.N#Cc1cc(O)c2nc(Nc3cccc(F)c3F)[nH]c2c1. The van der Waals surface area contributed by atoms with Gasteiger partial charge in [0.1, 0.15) is 11.3 Å². The van der Waals surface area contributed by atoms with E-state index in [9.17, 15) is 13.9 Å². The quantitative estimate of drug-likeness (QED) is 0.662. The molecule has 3 N–H and O–H groups in total. The van der Waals surface area contributed by atoms with Gasteiger partial charge in [-0.15, -0.1) is 0 Å². The highest BCUT2D eigenvalue weighted by atomic mass is 19.2. The Morgan fingerprint density at radius 3 is 2.70 bits per heavy atom. The highest BCUT2D eigenvalue weighted by Gasteiger charge is 2.12. The number of hydrogen-bond acceptors (Lipinski definition) is 4. The van der Waals surface area contributed by atoms with Crippen LogP contribution >= 0.6 is 0 Å². The second kappa shape index (κ2) is 6.75. The summed E-state index contributed by atoms with van der Waals surface area (Å²) in [5.41, 5.74) is 0.806. The first-order chi connectivity index (χ1) is 11.1. The second-order valence-electron chi connectivity index (χ2n) is 4.32. The summed E-state index contributed by atoms with van der Waals surface area (Å²) in [5, 5.41) is 21.2. The smallest absolute Gasteiger partial charge is 0.205 e. The number of fused-ring (bicyclic) bond motifs is 1. The maximum absolute atomic E-state index is 13.6. The van der Waals surface area contributed by atoms with Crippen LogP contribution in [0.2, 0.25) is 0 Å². The molecule has 7 heteroatoms. The summed E-state index contributed by atoms with van der Waals surface area (Å²) in [6, 6.07) is 8.38. The van der Waals surface area contributed by atoms with E-state index >= 15 is 0 Å². The molecule has 0 spiro atoms. The van der Waals surface area contributed by atoms with Crippen LogP contribution in [0.5, 0.6) is 5.75 Å². The van der Waals surface area contributed by atoms with Gasteiger partial charge in [-0.3, -0.25) is 0 Å². The lowest BCUT2D eigenvalue weighted by Gasteiger charge is -2.04. The molecule has 0 amide bonds. The summed E-state index contributed by atoms with van der Waals surface area (Å²) in [6.07, 6.45) is 0. The van der Waals surface area contributed by atoms with Gasteiger partial charge in [0.25, 0.3) is 0 Å². The topological polar surface area (TPSA) is 84.7 Å². The van der Waals surface area contributed by atoms with Crippen molar-refractivity contribution in [1.82, 2.24) is 9.97 Å². The molecule has 0 saturated carbocycles. The third kappa shape index (κ3) is 3.21. The number of benzene rings is 2. The molecule has 0 radical (unpaired) electrons. The maximum Gasteiger partial charge on any atom is 0.205 e. The lowest BCUT2D eigenvalue weighted by molar-refractivity contribution is 0.480. The summed E-state index contributed by atoms with van der Waals surface area (Å²) in [7, 11) is 0. The Morgan fingerprint density at radius 1 is 1.26 bits per heavy atom. The van der Waals surface area contributed by atoms with E-state index in [0.717, 1.165) is 6.07 Å². The Balaban J connectivity index is 0.000000924.